The Morgan fingerprint density at radius 1 is 1.39 bits per heavy atom. The van der Waals surface area contributed by atoms with Gasteiger partial charge in [0.15, 0.2) is 5.69 Å². The molecule has 1 aromatic carbocycles. The van der Waals surface area contributed by atoms with Crippen LogP contribution in [0.1, 0.15) is 30.8 Å². The lowest BCUT2D eigenvalue weighted by Crippen LogP contribution is -2.42. The van der Waals surface area contributed by atoms with Crippen molar-refractivity contribution in [2.45, 2.75) is 26.3 Å². The fourth-order valence-electron chi connectivity index (χ4n) is 2.14. The highest BCUT2D eigenvalue weighted by atomic mass is 79.9. The van der Waals surface area contributed by atoms with Crippen LogP contribution in [0.2, 0.25) is 0 Å². The molecule has 1 unspecified atom stereocenters. The second kappa shape index (κ2) is 7.41. The van der Waals surface area contributed by atoms with E-state index >= 15 is 0 Å². The Labute approximate surface area is 142 Å². The molecule has 1 heterocycles. The first-order valence-corrected chi connectivity index (χ1v) is 8.06. The minimum absolute atomic E-state index is 0.172. The molecule has 0 fully saturated rings. The molecule has 1 aromatic heterocycles. The van der Waals surface area contributed by atoms with Crippen LogP contribution >= 0.6 is 15.9 Å². The van der Waals surface area contributed by atoms with Crippen molar-refractivity contribution < 1.29 is 14.7 Å². The topological polar surface area (TPSA) is 75.4 Å². The van der Waals surface area contributed by atoms with Gasteiger partial charge in [-0.05, 0) is 37.6 Å². The predicted octanol–water partition coefficient (Wildman–Crippen LogP) is 2.96. The summed E-state index contributed by atoms with van der Waals surface area (Å²) in [7, 11) is 0. The predicted molar refractivity (Wildman–Crippen MR) is 89.7 cm³/mol. The number of carboxylic acid groups (broad SMARTS) is 1. The van der Waals surface area contributed by atoms with E-state index in [9.17, 15) is 9.59 Å². The van der Waals surface area contributed by atoms with Crippen LogP contribution in [0.4, 0.5) is 0 Å². The molecule has 23 heavy (non-hydrogen) atoms. The number of aliphatic carboxylic acids is 1. The molecular weight excluding hydrogens is 362 g/mol. The van der Waals surface area contributed by atoms with Gasteiger partial charge in [-0.1, -0.05) is 28.9 Å². The van der Waals surface area contributed by atoms with Crippen molar-refractivity contribution in [2.75, 3.05) is 6.54 Å². The van der Waals surface area contributed by atoms with E-state index < -0.39 is 5.97 Å². The molecule has 2 aromatic rings. The van der Waals surface area contributed by atoms with Crippen LogP contribution in [-0.2, 0) is 4.79 Å². The third-order valence-electron chi connectivity index (χ3n) is 3.57. The van der Waals surface area contributed by atoms with Crippen molar-refractivity contribution >= 4 is 27.8 Å². The third-order valence-corrected chi connectivity index (χ3v) is 4.06. The molecule has 0 aliphatic heterocycles. The zero-order valence-corrected chi connectivity index (χ0v) is 14.5. The number of aromatic nitrogens is 2. The Balaban J connectivity index is 2.27. The maximum absolute atomic E-state index is 12.6. The summed E-state index contributed by atoms with van der Waals surface area (Å²) in [6.07, 6.45) is 2.36. The fraction of sp³-hybridized carbons (Fsp3) is 0.312. The molecule has 0 radical (unpaired) electrons. The Bertz CT molecular complexity index is 714. The summed E-state index contributed by atoms with van der Waals surface area (Å²) in [5, 5.41) is 13.3. The van der Waals surface area contributed by atoms with Gasteiger partial charge in [-0.15, -0.1) is 0 Å². The molecule has 0 bridgehead atoms. The van der Waals surface area contributed by atoms with Crippen molar-refractivity contribution in [1.82, 2.24) is 14.7 Å². The van der Waals surface area contributed by atoms with Crippen LogP contribution in [0.3, 0.4) is 0 Å². The highest BCUT2D eigenvalue weighted by Crippen LogP contribution is 2.16. The molecule has 1 amide bonds. The number of carbonyl (C=O) groups excluding carboxylic acids is 1. The van der Waals surface area contributed by atoms with Crippen molar-refractivity contribution in [3.63, 3.8) is 0 Å². The number of benzene rings is 1. The molecule has 7 heteroatoms. The first-order chi connectivity index (χ1) is 10.9. The summed E-state index contributed by atoms with van der Waals surface area (Å²) >= 11 is 3.39. The van der Waals surface area contributed by atoms with Gasteiger partial charge in [-0.25, -0.2) is 4.68 Å². The lowest BCUT2D eigenvalue weighted by molar-refractivity contribution is -0.138. The van der Waals surface area contributed by atoms with Gasteiger partial charge in [-0.2, -0.15) is 5.10 Å². The first kappa shape index (κ1) is 17.2. The average Bonchev–Trinajstić information content (AvgIpc) is 3.01. The van der Waals surface area contributed by atoms with Gasteiger partial charge in [0.05, 0.1) is 5.69 Å². The maximum Gasteiger partial charge on any atom is 0.323 e. The number of halogens is 1. The van der Waals surface area contributed by atoms with Gasteiger partial charge in [-0.3, -0.25) is 9.59 Å². The van der Waals surface area contributed by atoms with Crippen LogP contribution < -0.4 is 0 Å². The second-order valence-corrected chi connectivity index (χ2v) is 6.13. The number of nitrogens with zero attached hydrogens (tertiary/aromatic N) is 3. The summed E-state index contributed by atoms with van der Waals surface area (Å²) in [5.74, 6) is -1.42. The zero-order valence-electron chi connectivity index (χ0n) is 12.9. The van der Waals surface area contributed by atoms with E-state index in [1.54, 1.807) is 16.9 Å². The molecule has 0 spiro atoms. The minimum atomic E-state index is -1.04. The summed E-state index contributed by atoms with van der Waals surface area (Å²) in [4.78, 5) is 24.9. The van der Waals surface area contributed by atoms with E-state index in [2.05, 4.69) is 21.0 Å². The number of hydrogen-bond donors (Lipinski definition) is 1. The zero-order chi connectivity index (χ0) is 17.0. The average molecular weight is 380 g/mol. The number of hydrogen-bond acceptors (Lipinski definition) is 3. The molecule has 0 saturated heterocycles. The van der Waals surface area contributed by atoms with Crippen LogP contribution in [0.5, 0.6) is 0 Å². The Morgan fingerprint density at radius 2 is 2.13 bits per heavy atom. The summed E-state index contributed by atoms with van der Waals surface area (Å²) in [6.45, 7) is 3.40. The van der Waals surface area contributed by atoms with Crippen LogP contribution in [-0.4, -0.2) is 44.3 Å². The molecule has 122 valence electrons. The van der Waals surface area contributed by atoms with Crippen LogP contribution in [0.25, 0.3) is 5.69 Å². The number of rotatable bonds is 6. The van der Waals surface area contributed by atoms with Gasteiger partial charge in [0, 0.05) is 16.7 Å². The molecule has 1 atom stereocenters. The van der Waals surface area contributed by atoms with E-state index in [4.69, 9.17) is 5.11 Å². The van der Waals surface area contributed by atoms with Gasteiger partial charge in [0.1, 0.15) is 6.54 Å². The lowest BCUT2D eigenvalue weighted by Gasteiger charge is -2.26. The quantitative estimate of drug-likeness (QED) is 0.836. The van der Waals surface area contributed by atoms with E-state index in [0.29, 0.717) is 6.42 Å². The van der Waals surface area contributed by atoms with E-state index in [1.807, 2.05) is 38.1 Å². The summed E-state index contributed by atoms with van der Waals surface area (Å²) in [6, 6.07) is 8.95. The Hall–Kier alpha value is -2.15. The fourth-order valence-corrected chi connectivity index (χ4v) is 2.53. The van der Waals surface area contributed by atoms with Crippen molar-refractivity contribution in [2.24, 2.45) is 0 Å². The third kappa shape index (κ3) is 4.19. The lowest BCUT2D eigenvalue weighted by atomic mass is 10.2. The van der Waals surface area contributed by atoms with Gasteiger partial charge < -0.3 is 10.0 Å². The largest absolute Gasteiger partial charge is 0.480 e. The number of carboxylic acids is 1. The van der Waals surface area contributed by atoms with Crippen molar-refractivity contribution in [1.29, 1.82) is 0 Å². The molecule has 2 rings (SSSR count). The highest BCUT2D eigenvalue weighted by molar-refractivity contribution is 9.10. The summed E-state index contributed by atoms with van der Waals surface area (Å²) < 4.78 is 2.50. The molecule has 0 aliphatic carbocycles. The van der Waals surface area contributed by atoms with E-state index in [0.717, 1.165) is 10.2 Å². The molecular formula is C16H18BrN3O3. The van der Waals surface area contributed by atoms with Crippen molar-refractivity contribution in [3.05, 3.63) is 46.7 Å². The van der Waals surface area contributed by atoms with Gasteiger partial charge in [0.25, 0.3) is 5.91 Å². The van der Waals surface area contributed by atoms with E-state index in [1.165, 1.54) is 4.90 Å². The second-order valence-electron chi connectivity index (χ2n) is 5.21. The summed E-state index contributed by atoms with van der Waals surface area (Å²) in [5.41, 5.74) is 1.04. The molecule has 6 nitrogen and oxygen atoms in total. The number of amides is 1. The monoisotopic (exact) mass is 379 g/mol. The first-order valence-electron chi connectivity index (χ1n) is 7.26. The standard InChI is InChI=1S/C16H18BrN3O3/c1-3-11(2)19(10-15(21)22)16(23)14-7-8-20(18-14)13-6-4-5-12(17)9-13/h4-9,11H,3,10H2,1-2H3,(H,21,22). The molecule has 0 saturated carbocycles. The maximum atomic E-state index is 12.6. The smallest absolute Gasteiger partial charge is 0.323 e. The molecule has 1 N–H and O–H groups in total. The Morgan fingerprint density at radius 3 is 2.74 bits per heavy atom. The van der Waals surface area contributed by atoms with E-state index in [-0.39, 0.29) is 24.2 Å². The van der Waals surface area contributed by atoms with Gasteiger partial charge >= 0.3 is 5.97 Å². The highest BCUT2D eigenvalue weighted by Gasteiger charge is 2.24. The normalized spacial score (nSPS) is 12.0. The number of carbonyl (C=O) groups is 2. The molecule has 0 aliphatic rings. The minimum Gasteiger partial charge on any atom is -0.480 e. The van der Waals surface area contributed by atoms with Crippen LogP contribution in [0, 0.1) is 0 Å². The SMILES string of the molecule is CCC(C)N(CC(=O)O)C(=O)c1ccn(-c2cccc(Br)c2)n1. The Kier molecular flexibility index (Phi) is 5.54. The van der Waals surface area contributed by atoms with Crippen LogP contribution in [0.15, 0.2) is 41.0 Å². The van der Waals surface area contributed by atoms with Gasteiger partial charge in [0.2, 0.25) is 0 Å². The van der Waals surface area contributed by atoms with Crippen molar-refractivity contribution in [3.8, 4) is 5.69 Å².